The minimum atomic E-state index is -1.24. The highest BCUT2D eigenvalue weighted by Crippen LogP contribution is 2.23. The van der Waals surface area contributed by atoms with Crippen LogP contribution in [0.3, 0.4) is 0 Å². The number of carbonyl (C=O) groups is 4. The van der Waals surface area contributed by atoms with E-state index in [0.29, 0.717) is 4.43 Å². The van der Waals surface area contributed by atoms with E-state index in [1.807, 2.05) is 22.6 Å². The first-order valence-corrected chi connectivity index (χ1v) is 10.5. The van der Waals surface area contributed by atoms with E-state index in [2.05, 4.69) is 5.32 Å². The van der Waals surface area contributed by atoms with E-state index < -0.39 is 66.3 Å². The van der Waals surface area contributed by atoms with Gasteiger partial charge in [-0.15, -0.1) is 0 Å². The van der Waals surface area contributed by atoms with Crippen LogP contribution in [-0.4, -0.2) is 58.9 Å². The zero-order valence-electron chi connectivity index (χ0n) is 16.9. The van der Waals surface area contributed by atoms with Crippen LogP contribution < -0.4 is 5.32 Å². The average Bonchev–Trinajstić information content (AvgIpc) is 2.58. The molecule has 1 rings (SSSR count). The van der Waals surface area contributed by atoms with Crippen LogP contribution in [-0.2, 0) is 33.3 Å². The Morgan fingerprint density at radius 2 is 1.86 bits per heavy atom. The summed E-state index contributed by atoms with van der Waals surface area (Å²) in [5, 5.41) is 2.35. The number of amides is 1. The van der Waals surface area contributed by atoms with Crippen LogP contribution in [0.4, 0.5) is 4.79 Å². The Hall–Kier alpha value is -1.59. The van der Waals surface area contributed by atoms with Crippen LogP contribution in [0.2, 0.25) is 0 Å². The lowest BCUT2D eigenvalue weighted by Crippen LogP contribution is -2.48. The molecule has 1 aliphatic heterocycles. The molecule has 0 spiro atoms. The molecular weight excluding hydrogens is 485 g/mol. The number of esters is 3. The zero-order valence-corrected chi connectivity index (χ0v) is 19.1. The van der Waals surface area contributed by atoms with Crippen molar-refractivity contribution in [3.63, 3.8) is 0 Å². The number of hydrogen-bond acceptors (Lipinski definition) is 8. The first-order chi connectivity index (χ1) is 12.9. The first-order valence-electron chi connectivity index (χ1n) is 8.98. The van der Waals surface area contributed by atoms with Crippen LogP contribution in [0.5, 0.6) is 0 Å². The third-order valence-electron chi connectivity index (χ3n) is 3.72. The number of halogens is 1. The van der Waals surface area contributed by atoms with Crippen molar-refractivity contribution in [2.45, 2.75) is 65.4 Å². The van der Waals surface area contributed by atoms with Gasteiger partial charge in [-0.05, 0) is 27.7 Å². The van der Waals surface area contributed by atoms with Crippen molar-refractivity contribution < 1.29 is 38.1 Å². The van der Waals surface area contributed by atoms with Gasteiger partial charge in [0.15, 0.2) is 12.1 Å². The van der Waals surface area contributed by atoms with Crippen molar-refractivity contribution in [2.24, 2.45) is 11.8 Å². The Morgan fingerprint density at radius 1 is 1.25 bits per heavy atom. The largest absolute Gasteiger partial charge is 0.463 e. The molecule has 1 heterocycles. The molecule has 1 aliphatic rings. The number of alkyl halides is 1. The van der Waals surface area contributed by atoms with Gasteiger partial charge >= 0.3 is 24.0 Å². The molecule has 4 atom stereocenters. The van der Waals surface area contributed by atoms with Crippen LogP contribution in [0.25, 0.3) is 0 Å². The second kappa shape index (κ2) is 10.3. The predicted octanol–water partition coefficient (Wildman–Crippen LogP) is 1.99. The Labute approximate surface area is 178 Å². The maximum Gasteiger partial charge on any atom is 0.408 e. The van der Waals surface area contributed by atoms with Crippen LogP contribution in [0.1, 0.15) is 41.5 Å². The zero-order chi connectivity index (χ0) is 21.6. The van der Waals surface area contributed by atoms with Gasteiger partial charge in [-0.3, -0.25) is 9.59 Å². The lowest BCUT2D eigenvalue weighted by atomic mass is 10.00. The van der Waals surface area contributed by atoms with E-state index in [9.17, 15) is 19.2 Å². The minimum Gasteiger partial charge on any atom is -0.463 e. The molecule has 4 unspecified atom stereocenters. The van der Waals surface area contributed by atoms with Gasteiger partial charge in [0.05, 0.1) is 5.92 Å². The summed E-state index contributed by atoms with van der Waals surface area (Å²) in [6, 6.07) is -1.24. The van der Waals surface area contributed by atoms with E-state index in [1.54, 1.807) is 34.6 Å². The molecular formula is C18H28INO8. The van der Waals surface area contributed by atoms with Crippen molar-refractivity contribution in [3.8, 4) is 0 Å². The van der Waals surface area contributed by atoms with Gasteiger partial charge in [0.2, 0.25) is 0 Å². The first kappa shape index (κ1) is 24.4. The van der Waals surface area contributed by atoms with E-state index in [-0.39, 0.29) is 0 Å². The highest BCUT2D eigenvalue weighted by molar-refractivity contribution is 14.1. The second-order valence-corrected chi connectivity index (χ2v) is 8.67. The highest BCUT2D eigenvalue weighted by Gasteiger charge is 2.41. The summed E-state index contributed by atoms with van der Waals surface area (Å²) in [4.78, 5) is 49.0. The molecule has 0 aromatic rings. The maximum absolute atomic E-state index is 12.5. The summed E-state index contributed by atoms with van der Waals surface area (Å²) in [6.07, 6.45) is -2.75. The molecule has 1 fully saturated rings. The third kappa shape index (κ3) is 7.44. The Balaban J connectivity index is 3.01. The molecule has 0 bridgehead atoms. The monoisotopic (exact) mass is 513 g/mol. The smallest absolute Gasteiger partial charge is 0.408 e. The van der Waals surface area contributed by atoms with Crippen LogP contribution >= 0.6 is 22.6 Å². The number of hydrogen-bond donors (Lipinski definition) is 1. The third-order valence-corrected chi connectivity index (χ3v) is 4.67. The summed E-state index contributed by atoms with van der Waals surface area (Å²) in [7, 11) is 0. The lowest BCUT2D eigenvalue weighted by molar-refractivity contribution is -0.175. The van der Waals surface area contributed by atoms with Gasteiger partial charge in [0.1, 0.15) is 24.2 Å². The molecule has 160 valence electrons. The summed E-state index contributed by atoms with van der Waals surface area (Å²) < 4.78 is 21.4. The van der Waals surface area contributed by atoms with Gasteiger partial charge in [0.25, 0.3) is 0 Å². The summed E-state index contributed by atoms with van der Waals surface area (Å²) in [5.41, 5.74) is -0.765. The van der Waals surface area contributed by atoms with E-state index in [1.165, 1.54) is 6.92 Å². The van der Waals surface area contributed by atoms with Crippen LogP contribution in [0, 0.1) is 11.8 Å². The standard InChI is InChI=1S/C18H28INO8/c1-9(2)14(21)27-13-10(3)26-16(23)12(8-25-15(22)11(13)7-19)20-17(24)28-18(4,5)6/h9-13H,7-8H2,1-6H3,(H,20,24). The number of nitrogens with one attached hydrogen (secondary N) is 1. The molecule has 1 N–H and O–H groups in total. The fourth-order valence-electron chi connectivity index (χ4n) is 2.28. The van der Waals surface area contributed by atoms with Crippen LogP contribution in [0.15, 0.2) is 0 Å². The topological polar surface area (TPSA) is 117 Å². The number of alkyl carbamates (subject to hydrolysis) is 1. The van der Waals surface area contributed by atoms with Crippen molar-refractivity contribution in [3.05, 3.63) is 0 Å². The molecule has 1 saturated heterocycles. The van der Waals surface area contributed by atoms with Gasteiger partial charge in [-0.25, -0.2) is 9.59 Å². The highest BCUT2D eigenvalue weighted by atomic mass is 127. The Kier molecular flexibility index (Phi) is 8.96. The average molecular weight is 513 g/mol. The SMILES string of the molecule is CC(C)C(=O)OC1C(C)OC(=O)C(NC(=O)OC(C)(C)C)COC(=O)C1CI. The normalized spacial score (nSPS) is 26.3. The molecule has 0 saturated carbocycles. The maximum atomic E-state index is 12.5. The number of carbonyl (C=O) groups excluding carboxylic acids is 4. The second-order valence-electron chi connectivity index (χ2n) is 7.79. The lowest BCUT2D eigenvalue weighted by Gasteiger charge is -2.28. The Bertz CT molecular complexity index is 601. The van der Waals surface area contributed by atoms with Crippen molar-refractivity contribution in [1.29, 1.82) is 0 Å². The van der Waals surface area contributed by atoms with E-state index in [4.69, 9.17) is 18.9 Å². The fourth-order valence-corrected chi connectivity index (χ4v) is 3.14. The summed E-state index contributed by atoms with van der Waals surface area (Å²) in [6.45, 7) is 9.46. The molecule has 1 amide bonds. The van der Waals surface area contributed by atoms with Crippen molar-refractivity contribution >= 4 is 46.6 Å². The molecule has 9 nitrogen and oxygen atoms in total. The molecule has 0 aliphatic carbocycles. The van der Waals surface area contributed by atoms with Crippen molar-refractivity contribution in [2.75, 3.05) is 11.0 Å². The summed E-state index contributed by atoms with van der Waals surface area (Å²) in [5.74, 6) is -3.20. The minimum absolute atomic E-state index is 0.290. The summed E-state index contributed by atoms with van der Waals surface area (Å²) >= 11 is 1.98. The van der Waals surface area contributed by atoms with Gasteiger partial charge in [0, 0.05) is 4.43 Å². The number of cyclic esters (lactones) is 2. The Morgan fingerprint density at radius 3 is 2.36 bits per heavy atom. The number of rotatable bonds is 4. The quantitative estimate of drug-likeness (QED) is 0.263. The molecule has 28 heavy (non-hydrogen) atoms. The van der Waals surface area contributed by atoms with Gasteiger partial charge in [-0.2, -0.15) is 0 Å². The van der Waals surface area contributed by atoms with Crippen molar-refractivity contribution in [1.82, 2.24) is 5.32 Å². The molecule has 10 heteroatoms. The predicted molar refractivity (Wildman–Crippen MR) is 107 cm³/mol. The van der Waals surface area contributed by atoms with E-state index >= 15 is 0 Å². The number of ether oxygens (including phenoxy) is 4. The molecule has 0 radical (unpaired) electrons. The van der Waals surface area contributed by atoms with E-state index in [0.717, 1.165) is 0 Å². The molecule has 0 aromatic carbocycles. The fraction of sp³-hybridized carbons (Fsp3) is 0.778. The molecule has 0 aromatic heterocycles. The van der Waals surface area contributed by atoms with Gasteiger partial charge < -0.3 is 24.3 Å². The van der Waals surface area contributed by atoms with Gasteiger partial charge in [-0.1, -0.05) is 36.4 Å².